The fourth-order valence-corrected chi connectivity index (χ4v) is 10.1. The quantitative estimate of drug-likeness (QED) is 0.156. The summed E-state index contributed by atoms with van der Waals surface area (Å²) >= 11 is 0. The Morgan fingerprint density at radius 1 is 0.846 bits per heavy atom. The Bertz CT molecular complexity index is 1760. The number of ether oxygens (including phenoxy) is 5. The van der Waals surface area contributed by atoms with Gasteiger partial charge in [0.05, 0.1) is 24.4 Å². The minimum Gasteiger partial charge on any atom is -0.460 e. The summed E-state index contributed by atoms with van der Waals surface area (Å²) < 4.78 is 29.4. The molecule has 3 N–H and O–H groups in total. The molecule has 4 rings (SSSR count). The molecule has 14 heteroatoms. The number of rotatable bonds is 6. The Balaban J connectivity index is 1.70. The smallest absolute Gasteiger partial charge is 0.329 e. The lowest BCUT2D eigenvalue weighted by Gasteiger charge is -2.42. The van der Waals surface area contributed by atoms with Crippen LogP contribution >= 0.6 is 0 Å². The van der Waals surface area contributed by atoms with Crippen LogP contribution in [-0.2, 0) is 47.7 Å². The molecule has 1 saturated carbocycles. The van der Waals surface area contributed by atoms with Crippen molar-refractivity contribution in [3.63, 3.8) is 0 Å². The summed E-state index contributed by atoms with van der Waals surface area (Å²) in [6, 6.07) is -1.14. The number of carbonyl (C=O) groups excluding carboxylic acids is 5. The van der Waals surface area contributed by atoms with E-state index >= 15 is 0 Å². The number of hydrogen-bond acceptors (Lipinski definition) is 13. The van der Waals surface area contributed by atoms with Gasteiger partial charge in [0.1, 0.15) is 30.1 Å². The van der Waals surface area contributed by atoms with Crippen molar-refractivity contribution in [2.75, 3.05) is 27.9 Å². The van der Waals surface area contributed by atoms with E-state index in [1.54, 1.807) is 41.1 Å². The van der Waals surface area contributed by atoms with Gasteiger partial charge in [-0.25, -0.2) is 4.79 Å². The second kappa shape index (κ2) is 25.1. The highest BCUT2D eigenvalue weighted by atomic mass is 16.6. The number of aliphatic hydroxyl groups is 3. The molecule has 2 saturated heterocycles. The highest BCUT2D eigenvalue weighted by molar-refractivity contribution is 6.39. The first-order valence-corrected chi connectivity index (χ1v) is 23.9. The zero-order valence-electron chi connectivity index (χ0n) is 40.6. The summed E-state index contributed by atoms with van der Waals surface area (Å²) in [5, 5.41) is 33.8. The van der Waals surface area contributed by atoms with Crippen molar-refractivity contribution in [2.45, 2.75) is 180 Å². The van der Waals surface area contributed by atoms with E-state index in [4.69, 9.17) is 23.7 Å². The Hall–Kier alpha value is -3.37. The van der Waals surface area contributed by atoms with E-state index in [0.29, 0.717) is 63.4 Å². The maximum Gasteiger partial charge on any atom is 0.329 e. The van der Waals surface area contributed by atoms with Crippen LogP contribution in [0.2, 0.25) is 0 Å². The van der Waals surface area contributed by atoms with Crippen LogP contribution in [0.15, 0.2) is 47.6 Å². The number of ketones is 3. The lowest BCUT2D eigenvalue weighted by atomic mass is 9.78. The number of Topliss-reactive ketones (excluding diaryl/α,β-unsaturated/α-hetero) is 3. The molecule has 2 bridgehead atoms. The lowest BCUT2D eigenvalue weighted by Crippen LogP contribution is -2.61. The Morgan fingerprint density at radius 3 is 2.25 bits per heavy atom. The highest BCUT2D eigenvalue weighted by Gasteiger charge is 2.53. The molecule has 0 radical (unpaired) electrons. The number of allylic oxidation sites excluding steroid dienone is 6. The van der Waals surface area contributed by atoms with Crippen molar-refractivity contribution in [2.24, 2.45) is 35.5 Å². The van der Waals surface area contributed by atoms with Crippen LogP contribution in [-0.4, -0.2) is 132 Å². The van der Waals surface area contributed by atoms with Gasteiger partial charge in [0.25, 0.3) is 11.7 Å². The Labute approximate surface area is 387 Å². The number of fused-ring (bicyclic) bond motifs is 3. The van der Waals surface area contributed by atoms with Crippen molar-refractivity contribution in [1.29, 1.82) is 0 Å². The molecular weight excluding hydrogens is 835 g/mol. The molecule has 3 aliphatic heterocycles. The normalized spacial score (nSPS) is 39.4. The molecule has 366 valence electrons. The molecule has 1 aliphatic carbocycles. The number of hydrogen-bond donors (Lipinski definition) is 3. The molecule has 0 aromatic heterocycles. The minimum atomic E-state index is -2.43. The second-order valence-corrected chi connectivity index (χ2v) is 19.6. The van der Waals surface area contributed by atoms with E-state index in [2.05, 4.69) is 0 Å². The van der Waals surface area contributed by atoms with Crippen molar-refractivity contribution in [3.05, 3.63) is 47.6 Å². The van der Waals surface area contributed by atoms with E-state index in [9.17, 15) is 39.3 Å². The minimum absolute atomic E-state index is 0.0193. The van der Waals surface area contributed by atoms with Gasteiger partial charge in [0.2, 0.25) is 5.79 Å². The first kappa shape index (κ1) is 54.2. The van der Waals surface area contributed by atoms with Gasteiger partial charge in [-0.1, -0.05) is 71.1 Å². The van der Waals surface area contributed by atoms with Gasteiger partial charge in [0.15, 0.2) is 5.78 Å². The van der Waals surface area contributed by atoms with Gasteiger partial charge in [-0.2, -0.15) is 0 Å². The second-order valence-electron chi connectivity index (χ2n) is 19.6. The predicted molar refractivity (Wildman–Crippen MR) is 245 cm³/mol. The number of aliphatic hydroxyl groups excluding tert-OH is 2. The molecule has 65 heavy (non-hydrogen) atoms. The predicted octanol–water partition coefficient (Wildman–Crippen LogP) is 6.18. The molecule has 2 unspecified atom stereocenters. The molecule has 0 aromatic carbocycles. The molecule has 0 aromatic rings. The Morgan fingerprint density at radius 2 is 1.57 bits per heavy atom. The molecule has 4 aliphatic rings. The number of amides is 1. The summed E-state index contributed by atoms with van der Waals surface area (Å²) in [5.41, 5.74) is 1.27. The molecule has 14 nitrogen and oxygen atoms in total. The van der Waals surface area contributed by atoms with Crippen molar-refractivity contribution >= 4 is 29.2 Å². The monoisotopic (exact) mass is 914 g/mol. The van der Waals surface area contributed by atoms with E-state index in [-0.39, 0.29) is 54.8 Å². The topological polar surface area (TPSA) is 195 Å². The maximum atomic E-state index is 14.4. The van der Waals surface area contributed by atoms with Crippen LogP contribution in [0.4, 0.5) is 0 Å². The fraction of sp³-hybridized carbons (Fsp3) is 0.745. The number of esters is 1. The van der Waals surface area contributed by atoms with Gasteiger partial charge in [0, 0.05) is 58.5 Å². The van der Waals surface area contributed by atoms with Crippen LogP contribution in [0, 0.1) is 35.5 Å². The van der Waals surface area contributed by atoms with Gasteiger partial charge in [-0.15, -0.1) is 0 Å². The third-order valence-corrected chi connectivity index (χ3v) is 14.5. The molecular formula is C51H79NO13. The van der Waals surface area contributed by atoms with Crippen molar-refractivity contribution in [1.82, 2.24) is 4.90 Å². The molecule has 15 atom stereocenters. The zero-order chi connectivity index (χ0) is 48.2. The number of cyclic esters (lactones) is 1. The van der Waals surface area contributed by atoms with Crippen LogP contribution in [0.25, 0.3) is 0 Å². The van der Waals surface area contributed by atoms with E-state index < -0.39 is 83.9 Å². The standard InChI is InChI=1S/C51H79NO13/c1-30-16-12-11-13-17-31(2)42(61-8)28-38-21-19-36(7)51(60,65-38)48(57)49(58)52-23-15-14-18-39(52)50(59)64-43(33(4)26-37-20-22-40(53)44(27-37)62-9)29-41(54)32(3)25-35(6)46(56)47(63-10)45(55)34(5)24-30/h11-13,16-17,25,30,32-34,36-40,42-44,46-47,53,56,60H,14-15,18-24,26-29H2,1-10H3/b13-11?,16-12?,31-17-,35-25-/t30-,32-,33?,34-,36-,37?,38+,39+,40-,42+,43+,44-,46-,47+,51-/m1/s1. The third kappa shape index (κ3) is 14.3. The SMILES string of the molecule is CO[C@H]1C[C@@H]2CC[C@@H](C)[C@@](O)(O2)C(=O)C(=O)N2CCCC[C@H]2C(=O)O[C@H](C(C)CC2CC[C@@H](O)[C@H](OC)C2)CC(=O)[C@H](C)/C=C(/C)[C@@H](O)[C@@H](OC)C(=O)[C@H](C)C[C@H](C)C=CC=C/C=C\1C. The summed E-state index contributed by atoms with van der Waals surface area (Å²) in [6.07, 6.45) is 11.2. The summed E-state index contributed by atoms with van der Waals surface area (Å²) in [5.74, 6) is -7.96. The zero-order valence-corrected chi connectivity index (χ0v) is 40.6. The van der Waals surface area contributed by atoms with Crippen molar-refractivity contribution in [3.8, 4) is 0 Å². The number of nitrogens with zero attached hydrogens (tertiary/aromatic N) is 1. The maximum absolute atomic E-state index is 14.4. The average Bonchev–Trinajstić information content (AvgIpc) is 3.28. The number of piperidine rings is 1. The summed E-state index contributed by atoms with van der Waals surface area (Å²) in [6.45, 7) is 12.7. The molecule has 3 fully saturated rings. The first-order valence-electron chi connectivity index (χ1n) is 23.9. The van der Waals surface area contributed by atoms with Crippen LogP contribution in [0.3, 0.4) is 0 Å². The molecule has 3 heterocycles. The van der Waals surface area contributed by atoms with Crippen LogP contribution < -0.4 is 0 Å². The lowest BCUT2D eigenvalue weighted by molar-refractivity contribution is -0.265. The number of methoxy groups -OCH3 is 3. The van der Waals surface area contributed by atoms with E-state index in [0.717, 1.165) is 12.0 Å². The number of carbonyl (C=O) groups is 5. The largest absolute Gasteiger partial charge is 0.460 e. The first-order chi connectivity index (χ1) is 30.7. The third-order valence-electron chi connectivity index (χ3n) is 14.5. The summed E-state index contributed by atoms with van der Waals surface area (Å²) in [7, 11) is 4.52. The fourth-order valence-electron chi connectivity index (χ4n) is 10.1. The molecule has 1 amide bonds. The van der Waals surface area contributed by atoms with Gasteiger partial charge >= 0.3 is 5.97 Å². The average molecular weight is 914 g/mol. The van der Waals surface area contributed by atoms with E-state index in [1.807, 2.05) is 58.1 Å². The van der Waals surface area contributed by atoms with Gasteiger partial charge in [-0.05, 0) is 107 Å². The van der Waals surface area contributed by atoms with Crippen LogP contribution in [0.5, 0.6) is 0 Å². The van der Waals surface area contributed by atoms with Crippen molar-refractivity contribution < 1.29 is 63.0 Å². The van der Waals surface area contributed by atoms with Crippen LogP contribution in [0.1, 0.15) is 126 Å². The Kier molecular flexibility index (Phi) is 21.0. The van der Waals surface area contributed by atoms with Gasteiger partial charge in [-0.3, -0.25) is 19.2 Å². The van der Waals surface area contributed by atoms with Gasteiger partial charge < -0.3 is 43.9 Å². The summed E-state index contributed by atoms with van der Waals surface area (Å²) in [4.78, 5) is 71.8. The van der Waals surface area contributed by atoms with E-state index in [1.165, 1.54) is 12.0 Å². The molecule has 0 spiro atoms. The highest BCUT2D eigenvalue weighted by Crippen LogP contribution is 2.38.